The summed E-state index contributed by atoms with van der Waals surface area (Å²) in [7, 11) is 0. The van der Waals surface area contributed by atoms with Gasteiger partial charge < -0.3 is 0 Å². The van der Waals surface area contributed by atoms with Crippen LogP contribution in [0.2, 0.25) is 0 Å². The van der Waals surface area contributed by atoms with E-state index in [9.17, 15) is 13.2 Å². The normalized spacial score (nSPS) is 21.0. The van der Waals surface area contributed by atoms with Crippen LogP contribution >= 0.6 is 0 Å². The molecule has 0 radical (unpaired) electrons. The second-order valence-corrected chi connectivity index (χ2v) is 5.53. The molecule has 1 rings (SSSR count). The molecule has 1 aliphatic rings. The highest BCUT2D eigenvalue weighted by Gasteiger charge is 2.32. The molecule has 0 aliphatic heterocycles. The van der Waals surface area contributed by atoms with Gasteiger partial charge in [-0.1, -0.05) is 51.3 Å². The first-order valence-electron chi connectivity index (χ1n) is 6.85. The van der Waals surface area contributed by atoms with Gasteiger partial charge in [0.1, 0.15) is 0 Å². The summed E-state index contributed by atoms with van der Waals surface area (Å²) in [6, 6.07) is 0. The van der Waals surface area contributed by atoms with Crippen molar-refractivity contribution in [3.8, 4) is 0 Å². The quantitative estimate of drug-likeness (QED) is 0.560. The Balaban J connectivity index is 2.35. The van der Waals surface area contributed by atoms with Crippen molar-refractivity contribution < 1.29 is 13.2 Å². The molecule has 0 aromatic rings. The first-order valence-corrected chi connectivity index (χ1v) is 6.85. The van der Waals surface area contributed by atoms with Gasteiger partial charge in [0, 0.05) is 0 Å². The maximum atomic E-state index is 12.5. The molecule has 0 saturated carbocycles. The van der Waals surface area contributed by atoms with Crippen LogP contribution in [0.5, 0.6) is 0 Å². The number of hydrogen-bond donors (Lipinski definition) is 0. The number of hydrogen-bond acceptors (Lipinski definition) is 0. The highest BCUT2D eigenvalue weighted by Crippen LogP contribution is 2.31. The van der Waals surface area contributed by atoms with E-state index < -0.39 is 11.7 Å². The molecule has 0 amide bonds. The molecule has 0 saturated heterocycles. The van der Waals surface area contributed by atoms with Crippen molar-refractivity contribution >= 4 is 0 Å². The SMILES string of the molecule is CC(C)CCCCC1C=CC(C(F)(F)F)=CCC1. The Morgan fingerprint density at radius 3 is 2.61 bits per heavy atom. The number of unbranched alkanes of at least 4 members (excludes halogenated alkanes) is 1. The lowest BCUT2D eigenvalue weighted by atomic mass is 9.95. The number of alkyl halides is 3. The van der Waals surface area contributed by atoms with Gasteiger partial charge in [0.2, 0.25) is 0 Å². The van der Waals surface area contributed by atoms with Gasteiger partial charge in [-0.3, -0.25) is 0 Å². The number of allylic oxidation sites excluding steroid dienone is 4. The molecule has 0 heterocycles. The van der Waals surface area contributed by atoms with E-state index in [0.717, 1.165) is 19.3 Å². The van der Waals surface area contributed by atoms with Crippen molar-refractivity contribution in [2.75, 3.05) is 0 Å². The van der Waals surface area contributed by atoms with Crippen LogP contribution in [0.1, 0.15) is 52.4 Å². The molecule has 0 fully saturated rings. The first-order chi connectivity index (χ1) is 8.39. The van der Waals surface area contributed by atoms with Crippen LogP contribution < -0.4 is 0 Å². The smallest absolute Gasteiger partial charge is 0.166 e. The summed E-state index contributed by atoms with van der Waals surface area (Å²) >= 11 is 0. The second kappa shape index (κ2) is 7.01. The fourth-order valence-corrected chi connectivity index (χ4v) is 2.27. The van der Waals surface area contributed by atoms with Crippen LogP contribution in [0.3, 0.4) is 0 Å². The van der Waals surface area contributed by atoms with E-state index in [-0.39, 0.29) is 0 Å². The van der Waals surface area contributed by atoms with Gasteiger partial charge >= 0.3 is 6.18 Å². The molecule has 104 valence electrons. The van der Waals surface area contributed by atoms with Gasteiger partial charge in [-0.2, -0.15) is 13.2 Å². The molecule has 18 heavy (non-hydrogen) atoms. The van der Waals surface area contributed by atoms with Gasteiger partial charge in [0.15, 0.2) is 0 Å². The van der Waals surface area contributed by atoms with E-state index >= 15 is 0 Å². The second-order valence-electron chi connectivity index (χ2n) is 5.53. The maximum Gasteiger partial charge on any atom is 0.416 e. The van der Waals surface area contributed by atoms with Crippen molar-refractivity contribution in [3.63, 3.8) is 0 Å². The standard InChI is InChI=1S/C15H23F3/c1-12(2)6-3-4-7-13-8-5-9-14(11-10-13)15(16,17)18/h9-13H,3-8H2,1-2H3. The minimum absolute atomic E-state index is 0.313. The van der Waals surface area contributed by atoms with Crippen molar-refractivity contribution in [2.45, 2.75) is 58.5 Å². The lowest BCUT2D eigenvalue weighted by Crippen LogP contribution is -2.09. The molecular formula is C15H23F3. The highest BCUT2D eigenvalue weighted by atomic mass is 19.4. The maximum absolute atomic E-state index is 12.5. The van der Waals surface area contributed by atoms with Crippen molar-refractivity contribution in [2.24, 2.45) is 11.8 Å². The molecule has 1 unspecified atom stereocenters. The third-order valence-electron chi connectivity index (χ3n) is 3.38. The fourth-order valence-electron chi connectivity index (χ4n) is 2.27. The summed E-state index contributed by atoms with van der Waals surface area (Å²) in [5.41, 5.74) is -0.479. The van der Waals surface area contributed by atoms with E-state index in [0.29, 0.717) is 18.3 Å². The topological polar surface area (TPSA) is 0 Å². The Morgan fingerprint density at radius 1 is 1.28 bits per heavy atom. The van der Waals surface area contributed by atoms with E-state index in [1.165, 1.54) is 25.0 Å². The van der Waals surface area contributed by atoms with Crippen molar-refractivity contribution in [3.05, 3.63) is 23.8 Å². The van der Waals surface area contributed by atoms with Gasteiger partial charge in [-0.25, -0.2) is 0 Å². The summed E-state index contributed by atoms with van der Waals surface area (Å²) < 4.78 is 37.6. The fraction of sp³-hybridized carbons (Fsp3) is 0.733. The third kappa shape index (κ3) is 5.74. The Labute approximate surface area is 108 Å². The minimum atomic E-state index is -4.19. The first kappa shape index (κ1) is 15.3. The van der Waals surface area contributed by atoms with Crippen LogP contribution in [0, 0.1) is 11.8 Å². The van der Waals surface area contributed by atoms with Gasteiger partial charge in [-0.15, -0.1) is 0 Å². The molecule has 0 bridgehead atoms. The largest absolute Gasteiger partial charge is 0.416 e. The predicted molar refractivity (Wildman–Crippen MR) is 69.3 cm³/mol. The molecule has 0 spiro atoms. The van der Waals surface area contributed by atoms with Crippen LogP contribution in [-0.4, -0.2) is 6.18 Å². The van der Waals surface area contributed by atoms with E-state index in [2.05, 4.69) is 13.8 Å². The van der Waals surface area contributed by atoms with Gasteiger partial charge in [0.25, 0.3) is 0 Å². The van der Waals surface area contributed by atoms with Crippen LogP contribution in [0.4, 0.5) is 13.2 Å². The zero-order valence-electron chi connectivity index (χ0n) is 11.3. The molecule has 1 atom stereocenters. The van der Waals surface area contributed by atoms with Crippen LogP contribution in [0.15, 0.2) is 23.8 Å². The molecule has 1 aliphatic carbocycles. The Hall–Kier alpha value is -0.730. The van der Waals surface area contributed by atoms with Crippen molar-refractivity contribution in [1.29, 1.82) is 0 Å². The van der Waals surface area contributed by atoms with E-state index in [4.69, 9.17) is 0 Å². The average molecular weight is 260 g/mol. The molecule has 0 N–H and O–H groups in total. The van der Waals surface area contributed by atoms with Crippen molar-refractivity contribution in [1.82, 2.24) is 0 Å². The monoisotopic (exact) mass is 260 g/mol. The third-order valence-corrected chi connectivity index (χ3v) is 3.38. The lowest BCUT2D eigenvalue weighted by molar-refractivity contribution is -0.0883. The molecular weight excluding hydrogens is 237 g/mol. The van der Waals surface area contributed by atoms with E-state index in [1.54, 1.807) is 6.08 Å². The molecule has 0 nitrogen and oxygen atoms in total. The Bertz CT molecular complexity index is 297. The Kier molecular flexibility index (Phi) is 5.97. The number of rotatable bonds is 5. The Morgan fingerprint density at radius 2 is 2.00 bits per heavy atom. The summed E-state index contributed by atoms with van der Waals surface area (Å²) in [5, 5.41) is 0. The zero-order valence-corrected chi connectivity index (χ0v) is 11.3. The van der Waals surface area contributed by atoms with Gasteiger partial charge in [-0.05, 0) is 31.1 Å². The number of halogens is 3. The summed E-state index contributed by atoms with van der Waals surface area (Å²) in [5.74, 6) is 1.03. The van der Waals surface area contributed by atoms with Crippen LogP contribution in [-0.2, 0) is 0 Å². The average Bonchev–Trinajstić information content (AvgIpc) is 2.48. The molecule has 3 heteroatoms. The predicted octanol–water partition coefficient (Wildman–Crippen LogP) is 5.66. The molecule has 0 aromatic heterocycles. The van der Waals surface area contributed by atoms with E-state index in [1.807, 2.05) is 0 Å². The lowest BCUT2D eigenvalue weighted by Gasteiger charge is -2.11. The van der Waals surface area contributed by atoms with Gasteiger partial charge in [0.05, 0.1) is 5.57 Å². The zero-order chi connectivity index (χ0) is 13.6. The minimum Gasteiger partial charge on any atom is -0.166 e. The summed E-state index contributed by atoms with van der Waals surface area (Å²) in [4.78, 5) is 0. The summed E-state index contributed by atoms with van der Waals surface area (Å²) in [6.45, 7) is 4.40. The molecule has 0 aromatic carbocycles. The highest BCUT2D eigenvalue weighted by molar-refractivity contribution is 5.25. The summed E-state index contributed by atoms with van der Waals surface area (Å²) in [6.07, 6.45) is 6.06. The van der Waals surface area contributed by atoms with Crippen LogP contribution in [0.25, 0.3) is 0 Å².